The van der Waals surface area contributed by atoms with Gasteiger partial charge < -0.3 is 0 Å². The minimum absolute atomic E-state index is 0.0483. The maximum absolute atomic E-state index is 11.5. The van der Waals surface area contributed by atoms with Crippen molar-refractivity contribution in [1.82, 2.24) is 9.78 Å². The largest absolute Gasteiger partial charge is 0.522 e. The molecule has 0 N–H and O–H groups in total. The van der Waals surface area contributed by atoms with E-state index >= 15 is 0 Å². The predicted octanol–water partition coefficient (Wildman–Crippen LogP) is 1.23. The van der Waals surface area contributed by atoms with Gasteiger partial charge in [0.2, 0.25) is 0 Å². The van der Waals surface area contributed by atoms with E-state index in [0.29, 0.717) is 11.8 Å². The maximum Gasteiger partial charge on any atom is 0.522 e. The van der Waals surface area contributed by atoms with Crippen LogP contribution in [0.3, 0.4) is 0 Å². The van der Waals surface area contributed by atoms with E-state index in [1.54, 1.807) is 0 Å². The quantitative estimate of drug-likeness (QED) is 0.699. The Morgan fingerprint density at radius 1 is 1.57 bits per heavy atom. The van der Waals surface area contributed by atoms with Gasteiger partial charge in [0, 0.05) is 6.20 Å². The van der Waals surface area contributed by atoms with Gasteiger partial charge in [-0.2, -0.15) is 5.10 Å². The van der Waals surface area contributed by atoms with E-state index in [2.05, 4.69) is 9.84 Å². The number of aldehydes is 1. The van der Waals surface area contributed by atoms with E-state index < -0.39 is 13.0 Å². The zero-order valence-electron chi connectivity index (χ0n) is 6.99. The van der Waals surface area contributed by atoms with E-state index in [-0.39, 0.29) is 6.54 Å². The average Bonchev–Trinajstić information content (AvgIpc) is 2.50. The number of alkyl halides is 3. The molecule has 0 aliphatic rings. The van der Waals surface area contributed by atoms with Crippen molar-refractivity contribution in [3.63, 3.8) is 0 Å². The van der Waals surface area contributed by atoms with E-state index in [4.69, 9.17) is 0 Å². The van der Waals surface area contributed by atoms with Gasteiger partial charge in [-0.1, -0.05) is 0 Å². The molecule has 0 bridgehead atoms. The first-order valence-corrected chi connectivity index (χ1v) is 3.69. The standard InChI is InChI=1S/C7H7F3N2O2/c8-7(9,10)14-2-1-12-4-6(5-13)3-11-12/h3-5H,1-2H2. The molecule has 7 heteroatoms. The molecule has 1 heterocycles. The summed E-state index contributed by atoms with van der Waals surface area (Å²) in [5.74, 6) is 0. The highest BCUT2D eigenvalue weighted by Gasteiger charge is 2.28. The van der Waals surface area contributed by atoms with Crippen LogP contribution in [0.5, 0.6) is 0 Å². The normalized spacial score (nSPS) is 11.6. The number of nitrogens with zero attached hydrogens (tertiary/aromatic N) is 2. The molecule has 0 aliphatic heterocycles. The fourth-order valence-electron chi connectivity index (χ4n) is 0.818. The minimum atomic E-state index is -4.62. The number of hydrogen-bond acceptors (Lipinski definition) is 3. The number of rotatable bonds is 4. The first kappa shape index (κ1) is 10.7. The molecule has 78 valence electrons. The van der Waals surface area contributed by atoms with Crippen LogP contribution in [0.25, 0.3) is 0 Å². The molecule has 1 aromatic heterocycles. The highest BCUT2D eigenvalue weighted by molar-refractivity contribution is 5.73. The molecule has 0 aliphatic carbocycles. The van der Waals surface area contributed by atoms with Crippen LogP contribution in [0.15, 0.2) is 12.4 Å². The first-order valence-electron chi connectivity index (χ1n) is 3.69. The van der Waals surface area contributed by atoms with Crippen molar-refractivity contribution in [3.05, 3.63) is 18.0 Å². The Labute approximate surface area is 77.3 Å². The summed E-state index contributed by atoms with van der Waals surface area (Å²) in [5.41, 5.74) is 0.317. The van der Waals surface area contributed by atoms with Crippen LogP contribution in [0.1, 0.15) is 10.4 Å². The average molecular weight is 208 g/mol. The molecular weight excluding hydrogens is 201 g/mol. The van der Waals surface area contributed by atoms with Gasteiger partial charge in [0.1, 0.15) is 0 Å². The Balaban J connectivity index is 2.35. The van der Waals surface area contributed by atoms with Gasteiger partial charge in [-0.15, -0.1) is 13.2 Å². The molecule has 0 unspecified atom stereocenters. The second-order valence-corrected chi connectivity index (χ2v) is 2.45. The molecule has 0 radical (unpaired) electrons. The Hall–Kier alpha value is -1.37. The van der Waals surface area contributed by atoms with Crippen molar-refractivity contribution in [1.29, 1.82) is 0 Å². The summed E-state index contributed by atoms with van der Waals surface area (Å²) in [6.07, 6.45) is -1.46. The molecular formula is C7H7F3N2O2. The van der Waals surface area contributed by atoms with Crippen molar-refractivity contribution < 1.29 is 22.7 Å². The Bertz CT molecular complexity index is 308. The SMILES string of the molecule is O=Cc1cnn(CCOC(F)(F)F)c1. The minimum Gasteiger partial charge on any atom is -0.298 e. The van der Waals surface area contributed by atoms with E-state index in [1.165, 1.54) is 17.1 Å². The summed E-state index contributed by atoms with van der Waals surface area (Å²) in [5, 5.41) is 3.64. The van der Waals surface area contributed by atoms with Crippen molar-refractivity contribution in [2.45, 2.75) is 12.9 Å². The van der Waals surface area contributed by atoms with Gasteiger partial charge in [-0.3, -0.25) is 14.2 Å². The van der Waals surface area contributed by atoms with Gasteiger partial charge >= 0.3 is 6.36 Å². The summed E-state index contributed by atoms with van der Waals surface area (Å²) in [4.78, 5) is 10.2. The molecule has 0 saturated heterocycles. The van der Waals surface area contributed by atoms with Crippen LogP contribution >= 0.6 is 0 Å². The van der Waals surface area contributed by atoms with E-state index in [0.717, 1.165) is 0 Å². The molecule has 0 atom stereocenters. The fraction of sp³-hybridized carbons (Fsp3) is 0.429. The summed E-state index contributed by atoms with van der Waals surface area (Å²) in [7, 11) is 0. The monoisotopic (exact) mass is 208 g/mol. The molecule has 4 nitrogen and oxygen atoms in total. The number of hydrogen-bond donors (Lipinski definition) is 0. The van der Waals surface area contributed by atoms with Gasteiger partial charge in [0.05, 0.1) is 24.9 Å². The topological polar surface area (TPSA) is 44.1 Å². The zero-order valence-corrected chi connectivity index (χ0v) is 6.99. The van der Waals surface area contributed by atoms with Crippen LogP contribution in [-0.4, -0.2) is 29.0 Å². The zero-order chi connectivity index (χ0) is 10.6. The third-order valence-electron chi connectivity index (χ3n) is 1.38. The summed E-state index contributed by atoms with van der Waals surface area (Å²) < 4.78 is 39.3. The second-order valence-electron chi connectivity index (χ2n) is 2.45. The van der Waals surface area contributed by atoms with Gasteiger partial charge in [-0.25, -0.2) is 0 Å². The summed E-state index contributed by atoms with van der Waals surface area (Å²) in [6.45, 7) is -0.573. The molecule has 1 rings (SSSR count). The molecule has 0 spiro atoms. The number of halogens is 3. The highest BCUT2D eigenvalue weighted by Crippen LogP contribution is 2.15. The summed E-state index contributed by atoms with van der Waals surface area (Å²) in [6, 6.07) is 0. The van der Waals surface area contributed by atoms with E-state index in [1.807, 2.05) is 0 Å². The lowest BCUT2D eigenvalue weighted by atomic mass is 10.4. The third kappa shape index (κ3) is 3.56. The van der Waals surface area contributed by atoms with E-state index in [9.17, 15) is 18.0 Å². The molecule has 0 amide bonds. The van der Waals surface area contributed by atoms with Gasteiger partial charge in [0.15, 0.2) is 6.29 Å². The molecule has 1 aromatic rings. The summed E-state index contributed by atoms with van der Waals surface area (Å²) >= 11 is 0. The van der Waals surface area contributed by atoms with Crippen LogP contribution in [0.2, 0.25) is 0 Å². The van der Waals surface area contributed by atoms with Crippen molar-refractivity contribution in [2.24, 2.45) is 0 Å². The van der Waals surface area contributed by atoms with Crippen LogP contribution in [0.4, 0.5) is 13.2 Å². The third-order valence-corrected chi connectivity index (χ3v) is 1.38. The van der Waals surface area contributed by atoms with Crippen LogP contribution in [-0.2, 0) is 11.3 Å². The number of ether oxygens (including phenoxy) is 1. The van der Waals surface area contributed by atoms with Crippen molar-refractivity contribution in [3.8, 4) is 0 Å². The predicted molar refractivity (Wildman–Crippen MR) is 39.6 cm³/mol. The second kappa shape index (κ2) is 4.23. The lowest BCUT2D eigenvalue weighted by Gasteiger charge is -2.06. The van der Waals surface area contributed by atoms with Gasteiger partial charge in [0.25, 0.3) is 0 Å². The van der Waals surface area contributed by atoms with Crippen LogP contribution < -0.4 is 0 Å². The maximum atomic E-state index is 11.5. The number of aromatic nitrogens is 2. The highest BCUT2D eigenvalue weighted by atomic mass is 19.4. The molecule has 0 aromatic carbocycles. The number of carbonyl (C=O) groups excluding carboxylic acids is 1. The fourth-order valence-corrected chi connectivity index (χ4v) is 0.818. The van der Waals surface area contributed by atoms with Crippen molar-refractivity contribution in [2.75, 3.05) is 6.61 Å². The Morgan fingerprint density at radius 3 is 2.79 bits per heavy atom. The Morgan fingerprint density at radius 2 is 2.29 bits per heavy atom. The lowest BCUT2D eigenvalue weighted by molar-refractivity contribution is -0.325. The molecule has 0 fully saturated rings. The van der Waals surface area contributed by atoms with Gasteiger partial charge in [-0.05, 0) is 0 Å². The Kier molecular flexibility index (Phi) is 3.23. The van der Waals surface area contributed by atoms with Crippen LogP contribution in [0, 0.1) is 0 Å². The molecule has 0 saturated carbocycles. The number of carbonyl (C=O) groups is 1. The first-order chi connectivity index (χ1) is 6.51. The van der Waals surface area contributed by atoms with Crippen molar-refractivity contribution >= 4 is 6.29 Å². The molecule has 14 heavy (non-hydrogen) atoms. The smallest absolute Gasteiger partial charge is 0.298 e. The lowest BCUT2D eigenvalue weighted by Crippen LogP contribution is -2.17.